The van der Waals surface area contributed by atoms with Crippen LogP contribution in [0.4, 0.5) is 16.8 Å². The highest BCUT2D eigenvalue weighted by atomic mass is 32.2. The van der Waals surface area contributed by atoms with E-state index in [2.05, 4.69) is 40.8 Å². The highest BCUT2D eigenvalue weighted by Crippen LogP contribution is 2.41. The summed E-state index contributed by atoms with van der Waals surface area (Å²) in [6.45, 7) is 11.2. The van der Waals surface area contributed by atoms with E-state index in [-0.39, 0.29) is 40.3 Å². The molecule has 4 heterocycles. The monoisotopic (exact) mass is 598 g/mol. The largest absolute Gasteiger partial charge is 0.370 e. The summed E-state index contributed by atoms with van der Waals surface area (Å²) in [6, 6.07) is 8.71. The van der Waals surface area contributed by atoms with E-state index in [0.29, 0.717) is 53.3 Å². The number of ether oxygens (including phenoxy) is 1. The Morgan fingerprint density at radius 3 is 2.59 bits per heavy atom. The van der Waals surface area contributed by atoms with Crippen LogP contribution in [0.3, 0.4) is 0 Å². The maximum absolute atomic E-state index is 13.5. The topological polar surface area (TPSA) is 134 Å². The Labute approximate surface area is 244 Å². The van der Waals surface area contributed by atoms with Crippen LogP contribution in [0.25, 0.3) is 10.4 Å². The number of carbonyl (C=O) groups is 2. The fraction of sp³-hybridized carbons (Fsp3) is 0.429. The number of sulfonamides is 1. The Balaban J connectivity index is 1.50. The fourth-order valence-electron chi connectivity index (χ4n) is 4.90. The van der Waals surface area contributed by atoms with E-state index in [1.165, 1.54) is 18.4 Å². The molecular weight excluding hydrogens is 564 g/mol. The number of aromatic nitrogens is 2. The van der Waals surface area contributed by atoms with Crippen LogP contribution in [0.1, 0.15) is 49.3 Å². The van der Waals surface area contributed by atoms with E-state index in [9.17, 15) is 18.0 Å². The molecule has 0 aliphatic carbocycles. The number of rotatable bonds is 7. The summed E-state index contributed by atoms with van der Waals surface area (Å²) in [5.74, 6) is 0.616. The number of pyridine rings is 1. The van der Waals surface area contributed by atoms with E-state index < -0.39 is 10.0 Å². The highest BCUT2D eigenvalue weighted by molar-refractivity contribution is 7.89. The third-order valence-electron chi connectivity index (χ3n) is 7.57. The van der Waals surface area contributed by atoms with Gasteiger partial charge in [-0.05, 0) is 61.7 Å². The van der Waals surface area contributed by atoms with Gasteiger partial charge < -0.3 is 15.0 Å². The smallest absolute Gasteiger partial charge is 0.256 e. The van der Waals surface area contributed by atoms with E-state index in [4.69, 9.17) is 4.74 Å². The second-order valence-corrected chi connectivity index (χ2v) is 14.1. The van der Waals surface area contributed by atoms with Crippen LogP contribution in [0.15, 0.2) is 35.2 Å². The van der Waals surface area contributed by atoms with Crippen molar-refractivity contribution in [2.75, 3.05) is 37.0 Å². The van der Waals surface area contributed by atoms with Gasteiger partial charge in [0.25, 0.3) is 11.8 Å². The zero-order valence-corrected chi connectivity index (χ0v) is 25.6. The van der Waals surface area contributed by atoms with Crippen molar-refractivity contribution in [1.82, 2.24) is 19.6 Å². The summed E-state index contributed by atoms with van der Waals surface area (Å²) in [5, 5.41) is 3.78. The summed E-state index contributed by atoms with van der Waals surface area (Å²) in [7, 11) is -2.58. The van der Waals surface area contributed by atoms with Crippen molar-refractivity contribution >= 4 is 49.9 Å². The minimum Gasteiger partial charge on any atom is -0.370 e. The minimum atomic E-state index is -3.93. The van der Waals surface area contributed by atoms with Crippen LogP contribution in [0.5, 0.6) is 0 Å². The molecule has 11 nitrogen and oxygen atoms in total. The van der Waals surface area contributed by atoms with Gasteiger partial charge in [-0.1, -0.05) is 38.2 Å². The molecular formula is C28H34N6O5S2. The molecule has 1 saturated heterocycles. The first-order valence-corrected chi connectivity index (χ1v) is 15.6. The molecule has 1 aromatic carbocycles. The van der Waals surface area contributed by atoms with Crippen LogP contribution in [-0.2, 0) is 26.1 Å². The first kappa shape index (κ1) is 29.1. The molecule has 2 aliphatic heterocycles. The molecule has 5 rings (SSSR count). The summed E-state index contributed by atoms with van der Waals surface area (Å²) in [4.78, 5) is 39.1. The number of nitrogens with zero attached hydrogens (tertiary/aromatic N) is 4. The van der Waals surface area contributed by atoms with Crippen molar-refractivity contribution in [2.45, 2.75) is 52.1 Å². The molecule has 2 amide bonds. The molecule has 1 fully saturated rings. The first-order valence-electron chi connectivity index (χ1n) is 13.3. The normalized spacial score (nSPS) is 16.7. The molecule has 218 valence electrons. The number of anilines is 3. The predicted octanol–water partition coefficient (Wildman–Crippen LogP) is 3.92. The SMILES string of the molecule is CNS(=O)(=O)c1cc(-c2sc(Nc3cccc(N4CCOCC4=O)n3)nc2C)cc2c1C(=O)N(C(C)C(C)(C)C)C2. The lowest BCUT2D eigenvalue weighted by Crippen LogP contribution is -2.42. The molecule has 2 aliphatic rings. The summed E-state index contributed by atoms with van der Waals surface area (Å²) >= 11 is 1.36. The van der Waals surface area contributed by atoms with Gasteiger partial charge in [0, 0.05) is 12.6 Å². The van der Waals surface area contributed by atoms with E-state index in [1.807, 2.05) is 26.0 Å². The summed E-state index contributed by atoms with van der Waals surface area (Å²) in [6.07, 6.45) is 0. The van der Waals surface area contributed by atoms with Crippen molar-refractivity contribution in [3.8, 4) is 10.4 Å². The average molecular weight is 599 g/mol. The predicted molar refractivity (Wildman–Crippen MR) is 158 cm³/mol. The van der Waals surface area contributed by atoms with E-state index in [0.717, 1.165) is 4.88 Å². The Morgan fingerprint density at radius 2 is 1.90 bits per heavy atom. The fourth-order valence-corrected chi connectivity index (χ4v) is 6.85. The average Bonchev–Trinajstić information content (AvgIpc) is 3.46. The number of hydrogen-bond acceptors (Lipinski definition) is 9. The molecule has 2 aromatic heterocycles. The number of thiazole rings is 1. The Bertz CT molecular complexity index is 1630. The van der Waals surface area contributed by atoms with E-state index in [1.54, 1.807) is 28.0 Å². The summed E-state index contributed by atoms with van der Waals surface area (Å²) in [5.41, 5.74) is 2.08. The molecule has 0 saturated carbocycles. The second kappa shape index (κ2) is 10.8. The number of fused-ring (bicyclic) bond motifs is 1. The van der Waals surface area contributed by atoms with Crippen LogP contribution >= 0.6 is 11.3 Å². The second-order valence-electron chi connectivity index (χ2n) is 11.2. The van der Waals surface area contributed by atoms with Gasteiger partial charge in [0.05, 0.1) is 34.2 Å². The molecule has 1 unspecified atom stereocenters. The molecule has 1 atom stereocenters. The third-order valence-corrected chi connectivity index (χ3v) is 10.1. The number of carbonyl (C=O) groups excluding carboxylic acids is 2. The van der Waals surface area contributed by atoms with Gasteiger partial charge in [0.15, 0.2) is 5.13 Å². The zero-order chi connectivity index (χ0) is 29.7. The quantitative estimate of drug-likeness (QED) is 0.418. The minimum absolute atomic E-state index is 0.0267. The maximum Gasteiger partial charge on any atom is 0.256 e. The molecule has 3 aromatic rings. The van der Waals surface area contributed by atoms with Gasteiger partial charge in [-0.3, -0.25) is 14.5 Å². The number of aryl methyl sites for hydroxylation is 1. The van der Waals surface area contributed by atoms with Crippen molar-refractivity contribution in [2.24, 2.45) is 5.41 Å². The lowest BCUT2D eigenvalue weighted by atomic mass is 9.87. The number of nitrogens with one attached hydrogen (secondary N) is 2. The van der Waals surface area contributed by atoms with Crippen LogP contribution in [-0.4, -0.2) is 67.9 Å². The standard InChI is InChI=1S/C28H34N6O5S2/c1-16-25(40-27(30-16)32-21-8-7-9-22(31-21)33-10-11-39-15-23(33)35)18-12-19-14-34(17(2)28(3,4)5)26(36)24(19)20(13-18)41(37,38)29-6/h7-9,12-13,17,29H,10-11,14-15H2,1-6H3,(H,30,31,32). The lowest BCUT2D eigenvalue weighted by molar-refractivity contribution is -0.125. The van der Waals surface area contributed by atoms with Gasteiger partial charge in [-0.25, -0.2) is 23.1 Å². The maximum atomic E-state index is 13.5. The van der Waals surface area contributed by atoms with Crippen molar-refractivity contribution in [1.29, 1.82) is 0 Å². The van der Waals surface area contributed by atoms with Gasteiger partial charge in [-0.2, -0.15) is 0 Å². The number of morpholine rings is 1. The molecule has 0 spiro atoms. The molecule has 0 radical (unpaired) electrons. The van der Waals surface area contributed by atoms with Crippen molar-refractivity contribution in [3.05, 3.63) is 47.2 Å². The third kappa shape index (κ3) is 5.59. The summed E-state index contributed by atoms with van der Waals surface area (Å²) < 4.78 is 33.9. The van der Waals surface area contributed by atoms with Gasteiger partial charge >= 0.3 is 0 Å². The van der Waals surface area contributed by atoms with Gasteiger partial charge in [0.1, 0.15) is 18.2 Å². The van der Waals surface area contributed by atoms with Gasteiger partial charge in [-0.15, -0.1) is 0 Å². The van der Waals surface area contributed by atoms with Crippen LogP contribution < -0.4 is 14.9 Å². The Hall–Kier alpha value is -3.39. The van der Waals surface area contributed by atoms with Crippen LogP contribution in [0, 0.1) is 12.3 Å². The molecule has 2 N–H and O–H groups in total. The number of amides is 2. The number of hydrogen-bond donors (Lipinski definition) is 2. The zero-order valence-electron chi connectivity index (χ0n) is 23.9. The lowest BCUT2D eigenvalue weighted by Gasteiger charge is -2.35. The molecule has 0 bridgehead atoms. The van der Waals surface area contributed by atoms with Crippen LogP contribution in [0.2, 0.25) is 0 Å². The Morgan fingerprint density at radius 1 is 1.15 bits per heavy atom. The van der Waals surface area contributed by atoms with E-state index >= 15 is 0 Å². The molecule has 13 heteroatoms. The highest BCUT2D eigenvalue weighted by Gasteiger charge is 2.40. The van der Waals surface area contributed by atoms with Gasteiger partial charge in [0.2, 0.25) is 10.0 Å². The van der Waals surface area contributed by atoms with Crippen molar-refractivity contribution < 1.29 is 22.7 Å². The number of benzene rings is 1. The first-order chi connectivity index (χ1) is 19.3. The Kier molecular flexibility index (Phi) is 7.66. The van der Waals surface area contributed by atoms with Crippen molar-refractivity contribution in [3.63, 3.8) is 0 Å². The molecule has 41 heavy (non-hydrogen) atoms.